The number of hydrogen-bond donors (Lipinski definition) is 3. The number of piperidine rings is 1. The molecule has 4 rings (SSSR count). The van der Waals surface area contributed by atoms with Crippen LogP contribution in [0.2, 0.25) is 0 Å². The number of nitrogens with one attached hydrogen (secondary N) is 2. The molecular weight excluding hydrogens is 364 g/mol. The van der Waals surface area contributed by atoms with E-state index in [9.17, 15) is 9.59 Å². The number of H-pyrrole nitrogens is 1. The van der Waals surface area contributed by atoms with Crippen molar-refractivity contribution < 1.29 is 4.79 Å². The second kappa shape index (κ2) is 8.22. The molecule has 6 heteroatoms. The minimum absolute atomic E-state index is 0.204. The van der Waals surface area contributed by atoms with Crippen LogP contribution in [0.25, 0.3) is 11.1 Å². The Morgan fingerprint density at radius 3 is 2.45 bits per heavy atom. The van der Waals surface area contributed by atoms with Crippen LogP contribution < -0.4 is 21.5 Å². The summed E-state index contributed by atoms with van der Waals surface area (Å²) in [5.41, 5.74) is 9.60. The molecule has 0 bridgehead atoms. The molecule has 2 heterocycles. The topological polar surface area (TPSA) is 91.2 Å². The fourth-order valence-corrected chi connectivity index (χ4v) is 3.63. The van der Waals surface area contributed by atoms with Gasteiger partial charge in [-0.3, -0.25) is 9.59 Å². The molecule has 1 aliphatic heterocycles. The van der Waals surface area contributed by atoms with E-state index in [1.54, 1.807) is 30.5 Å². The minimum Gasteiger partial charge on any atom is -0.399 e. The minimum atomic E-state index is -0.351. The SMILES string of the molecule is Nc1cccc(-c2c[nH]c(=O)c(NC(=O)c3ccc(N4CCCCC4)cc3)c2)c1. The van der Waals surface area contributed by atoms with Crippen LogP contribution in [0.5, 0.6) is 0 Å². The van der Waals surface area contributed by atoms with Crippen LogP contribution in [-0.2, 0) is 0 Å². The molecule has 1 fully saturated rings. The van der Waals surface area contributed by atoms with Gasteiger partial charge in [0.05, 0.1) is 0 Å². The van der Waals surface area contributed by atoms with Crippen molar-refractivity contribution in [3.63, 3.8) is 0 Å². The van der Waals surface area contributed by atoms with Crippen LogP contribution in [0.4, 0.5) is 17.1 Å². The molecule has 3 aromatic rings. The summed E-state index contributed by atoms with van der Waals surface area (Å²) in [4.78, 5) is 29.9. The first-order valence-electron chi connectivity index (χ1n) is 9.85. The Balaban J connectivity index is 1.52. The normalized spacial score (nSPS) is 13.9. The number of hydrogen-bond acceptors (Lipinski definition) is 4. The van der Waals surface area contributed by atoms with Gasteiger partial charge in [0.1, 0.15) is 5.69 Å². The Labute approximate surface area is 169 Å². The third kappa shape index (κ3) is 4.32. The van der Waals surface area contributed by atoms with Crippen LogP contribution in [0.3, 0.4) is 0 Å². The predicted octanol–water partition coefficient (Wildman–Crippen LogP) is 3.87. The zero-order chi connectivity index (χ0) is 20.2. The number of carbonyl (C=O) groups excluding carboxylic acids is 1. The molecule has 0 atom stereocenters. The van der Waals surface area contributed by atoms with Crippen LogP contribution >= 0.6 is 0 Å². The second-order valence-electron chi connectivity index (χ2n) is 7.31. The summed E-state index contributed by atoms with van der Waals surface area (Å²) in [6.45, 7) is 2.11. The van der Waals surface area contributed by atoms with Crippen molar-refractivity contribution in [3.8, 4) is 11.1 Å². The van der Waals surface area contributed by atoms with Gasteiger partial charge in [0.15, 0.2) is 0 Å². The number of carbonyl (C=O) groups is 1. The number of nitrogens with zero attached hydrogens (tertiary/aromatic N) is 1. The lowest BCUT2D eigenvalue weighted by Gasteiger charge is -2.28. The lowest BCUT2D eigenvalue weighted by atomic mass is 10.1. The van der Waals surface area contributed by atoms with E-state index >= 15 is 0 Å². The largest absolute Gasteiger partial charge is 0.399 e. The van der Waals surface area contributed by atoms with Gasteiger partial charge in [-0.2, -0.15) is 0 Å². The van der Waals surface area contributed by atoms with Crippen molar-refractivity contribution >= 4 is 23.0 Å². The van der Waals surface area contributed by atoms with Gasteiger partial charge in [-0.25, -0.2) is 0 Å². The average Bonchev–Trinajstić information content (AvgIpc) is 2.76. The molecule has 4 N–H and O–H groups in total. The average molecular weight is 388 g/mol. The molecule has 0 unspecified atom stereocenters. The van der Waals surface area contributed by atoms with Gasteiger partial charge in [0, 0.05) is 41.8 Å². The number of aromatic nitrogens is 1. The number of nitrogens with two attached hydrogens (primary N) is 1. The summed E-state index contributed by atoms with van der Waals surface area (Å²) >= 11 is 0. The number of anilines is 3. The summed E-state index contributed by atoms with van der Waals surface area (Å²) in [5.74, 6) is -0.314. The van der Waals surface area contributed by atoms with E-state index in [4.69, 9.17) is 5.73 Å². The Bertz CT molecular complexity index is 1070. The number of aromatic amines is 1. The van der Waals surface area contributed by atoms with E-state index in [0.29, 0.717) is 11.3 Å². The highest BCUT2D eigenvalue weighted by atomic mass is 16.2. The zero-order valence-electron chi connectivity index (χ0n) is 16.2. The fraction of sp³-hybridized carbons (Fsp3) is 0.217. The van der Waals surface area contributed by atoms with Crippen LogP contribution in [0.15, 0.2) is 65.6 Å². The van der Waals surface area contributed by atoms with E-state index in [1.165, 1.54) is 19.3 Å². The molecule has 2 aromatic carbocycles. The van der Waals surface area contributed by atoms with E-state index in [-0.39, 0.29) is 17.2 Å². The van der Waals surface area contributed by atoms with Gasteiger partial charge in [0.25, 0.3) is 11.5 Å². The first kappa shape index (κ1) is 18.8. The summed E-state index contributed by atoms with van der Waals surface area (Å²) < 4.78 is 0. The lowest BCUT2D eigenvalue weighted by Crippen LogP contribution is -2.29. The standard InChI is InChI=1S/C23H24N4O2/c24-19-6-4-5-17(13-19)18-14-21(23(29)25-15-18)26-22(28)16-7-9-20(10-8-16)27-11-2-1-3-12-27/h4-10,13-15H,1-3,11-12,24H2,(H,25,29)(H,26,28). The number of benzene rings is 2. The first-order chi connectivity index (χ1) is 14.1. The van der Waals surface area contributed by atoms with E-state index < -0.39 is 0 Å². The van der Waals surface area contributed by atoms with Gasteiger partial charge in [-0.1, -0.05) is 12.1 Å². The van der Waals surface area contributed by atoms with E-state index in [1.807, 2.05) is 30.3 Å². The fourth-order valence-electron chi connectivity index (χ4n) is 3.63. The highest BCUT2D eigenvalue weighted by Crippen LogP contribution is 2.23. The molecule has 6 nitrogen and oxygen atoms in total. The number of rotatable bonds is 4. The van der Waals surface area contributed by atoms with Crippen molar-refractivity contribution in [2.75, 3.05) is 29.0 Å². The van der Waals surface area contributed by atoms with Crippen molar-refractivity contribution in [1.29, 1.82) is 0 Å². The molecular formula is C23H24N4O2. The maximum absolute atomic E-state index is 12.7. The van der Waals surface area contributed by atoms with Gasteiger partial charge in [-0.05, 0) is 67.3 Å². The number of nitrogen functional groups attached to an aromatic ring is 1. The third-order valence-electron chi connectivity index (χ3n) is 5.22. The van der Waals surface area contributed by atoms with Crippen LogP contribution in [0.1, 0.15) is 29.6 Å². The molecule has 1 aliphatic rings. The summed E-state index contributed by atoms with van der Waals surface area (Å²) in [6, 6.07) is 16.6. The Kier molecular flexibility index (Phi) is 5.33. The quantitative estimate of drug-likeness (QED) is 0.592. The summed E-state index contributed by atoms with van der Waals surface area (Å²) in [7, 11) is 0. The maximum atomic E-state index is 12.7. The highest BCUT2D eigenvalue weighted by Gasteiger charge is 2.13. The van der Waals surface area contributed by atoms with Crippen molar-refractivity contribution in [2.24, 2.45) is 0 Å². The van der Waals surface area contributed by atoms with Gasteiger partial charge in [-0.15, -0.1) is 0 Å². The smallest absolute Gasteiger partial charge is 0.271 e. The van der Waals surface area contributed by atoms with E-state index in [2.05, 4.69) is 15.2 Å². The molecule has 1 aromatic heterocycles. The van der Waals surface area contributed by atoms with Crippen LogP contribution in [0, 0.1) is 0 Å². The van der Waals surface area contributed by atoms with Gasteiger partial charge >= 0.3 is 0 Å². The van der Waals surface area contributed by atoms with Gasteiger partial charge < -0.3 is 20.9 Å². The molecule has 0 spiro atoms. The summed E-state index contributed by atoms with van der Waals surface area (Å²) in [5, 5.41) is 2.72. The monoisotopic (exact) mass is 388 g/mol. The molecule has 0 aliphatic carbocycles. The van der Waals surface area contributed by atoms with Gasteiger partial charge in [0.2, 0.25) is 0 Å². The predicted molar refractivity (Wildman–Crippen MR) is 117 cm³/mol. The molecule has 1 saturated heterocycles. The first-order valence-corrected chi connectivity index (χ1v) is 9.85. The van der Waals surface area contributed by atoms with Crippen molar-refractivity contribution in [3.05, 3.63) is 76.7 Å². The number of amides is 1. The summed E-state index contributed by atoms with van der Waals surface area (Å²) in [6.07, 6.45) is 5.29. The third-order valence-corrected chi connectivity index (χ3v) is 5.22. The zero-order valence-corrected chi connectivity index (χ0v) is 16.2. The van der Waals surface area contributed by atoms with Crippen LogP contribution in [-0.4, -0.2) is 24.0 Å². The molecule has 0 radical (unpaired) electrons. The molecule has 29 heavy (non-hydrogen) atoms. The lowest BCUT2D eigenvalue weighted by molar-refractivity contribution is 0.102. The van der Waals surface area contributed by atoms with Crippen molar-refractivity contribution in [1.82, 2.24) is 4.98 Å². The molecule has 1 amide bonds. The highest BCUT2D eigenvalue weighted by molar-refractivity contribution is 6.04. The number of pyridine rings is 1. The Morgan fingerprint density at radius 1 is 0.966 bits per heavy atom. The second-order valence-corrected chi connectivity index (χ2v) is 7.31. The van der Waals surface area contributed by atoms with E-state index in [0.717, 1.165) is 29.9 Å². The Hall–Kier alpha value is -3.54. The molecule has 148 valence electrons. The molecule has 0 saturated carbocycles. The maximum Gasteiger partial charge on any atom is 0.271 e. The Morgan fingerprint density at radius 2 is 1.72 bits per heavy atom. The van der Waals surface area contributed by atoms with Crippen molar-refractivity contribution in [2.45, 2.75) is 19.3 Å².